The van der Waals surface area contributed by atoms with Crippen molar-refractivity contribution < 1.29 is 12.8 Å². The fraction of sp³-hybridized carbons (Fsp3) is 0.0769. The number of nitrogens with two attached hydrogens (primary N) is 1. The monoisotopic (exact) mass is 436 g/mol. The van der Waals surface area contributed by atoms with Crippen LogP contribution in [-0.4, -0.2) is 8.42 Å². The summed E-state index contributed by atoms with van der Waals surface area (Å²) in [5.41, 5.74) is 6.46. The molecule has 0 bridgehead atoms. The van der Waals surface area contributed by atoms with Gasteiger partial charge in [-0.2, -0.15) is 0 Å². The minimum Gasteiger partial charge on any atom is -0.399 e. The van der Waals surface area contributed by atoms with Crippen LogP contribution in [0.1, 0.15) is 5.56 Å². The number of anilines is 1. The van der Waals surface area contributed by atoms with Crippen LogP contribution in [0.5, 0.6) is 0 Å². The Labute approximate surface area is 138 Å². The summed E-state index contributed by atoms with van der Waals surface area (Å²) in [4.78, 5) is -0.482. The quantitative estimate of drug-likeness (QED) is 0.720. The molecule has 0 fully saturated rings. The smallest absolute Gasteiger partial charge is 0.243 e. The first-order chi connectivity index (χ1) is 9.79. The van der Waals surface area contributed by atoms with Crippen LogP contribution in [-0.2, 0) is 16.6 Å². The minimum absolute atomic E-state index is 0.00494. The van der Waals surface area contributed by atoms with Gasteiger partial charge in [0.1, 0.15) is 4.90 Å². The summed E-state index contributed by atoms with van der Waals surface area (Å²) in [6.07, 6.45) is 0. The van der Waals surface area contributed by atoms with Crippen molar-refractivity contribution in [2.45, 2.75) is 11.4 Å². The second-order valence-electron chi connectivity index (χ2n) is 4.27. The summed E-state index contributed by atoms with van der Waals surface area (Å²) in [6, 6.07) is 9.54. The van der Waals surface area contributed by atoms with E-state index >= 15 is 0 Å². The summed E-state index contributed by atoms with van der Waals surface area (Å²) in [5.74, 6) is -0.869. The van der Waals surface area contributed by atoms with Crippen molar-refractivity contribution in [2.24, 2.45) is 0 Å². The molecule has 0 aliphatic carbocycles. The lowest BCUT2D eigenvalue weighted by molar-refractivity contribution is 0.554. The van der Waals surface area contributed by atoms with Gasteiger partial charge in [0.15, 0.2) is 5.82 Å². The standard InChI is InChI=1S/C13H11Br2FN2O2S/c14-9-3-1-2-8(4-9)7-18-21(19,20)12-6-10(17)5-11(15)13(12)16/h1-6,18H,7,17H2. The molecule has 3 N–H and O–H groups in total. The SMILES string of the molecule is Nc1cc(Br)c(F)c(S(=O)(=O)NCc2cccc(Br)c2)c1. The zero-order valence-corrected chi connectivity index (χ0v) is 14.6. The molecule has 0 saturated carbocycles. The van der Waals surface area contributed by atoms with Gasteiger partial charge in [-0.1, -0.05) is 28.1 Å². The molecule has 0 aliphatic heterocycles. The number of sulfonamides is 1. The zero-order chi connectivity index (χ0) is 15.6. The number of nitrogen functional groups attached to an aromatic ring is 1. The van der Waals surface area contributed by atoms with Crippen LogP contribution < -0.4 is 10.5 Å². The molecule has 2 rings (SSSR count). The number of rotatable bonds is 4. The van der Waals surface area contributed by atoms with Crippen molar-refractivity contribution >= 4 is 47.6 Å². The maximum atomic E-state index is 13.9. The van der Waals surface area contributed by atoms with Gasteiger partial charge in [-0.15, -0.1) is 0 Å². The van der Waals surface area contributed by atoms with Gasteiger partial charge in [-0.3, -0.25) is 0 Å². The zero-order valence-electron chi connectivity index (χ0n) is 10.6. The summed E-state index contributed by atoms with van der Waals surface area (Å²) >= 11 is 6.24. The highest BCUT2D eigenvalue weighted by molar-refractivity contribution is 9.10. The first-order valence-electron chi connectivity index (χ1n) is 5.78. The molecule has 0 unspecified atom stereocenters. The summed E-state index contributed by atoms with van der Waals surface area (Å²) < 4.78 is 41.5. The topological polar surface area (TPSA) is 72.2 Å². The molecule has 0 amide bonds. The fourth-order valence-electron chi connectivity index (χ4n) is 1.68. The second-order valence-corrected chi connectivity index (χ2v) is 7.77. The van der Waals surface area contributed by atoms with E-state index in [1.165, 1.54) is 6.07 Å². The van der Waals surface area contributed by atoms with Crippen molar-refractivity contribution in [3.63, 3.8) is 0 Å². The van der Waals surface area contributed by atoms with Gasteiger partial charge in [0.05, 0.1) is 4.47 Å². The van der Waals surface area contributed by atoms with Crippen LogP contribution in [0.3, 0.4) is 0 Å². The molecule has 4 nitrogen and oxygen atoms in total. The van der Waals surface area contributed by atoms with Gasteiger partial charge in [-0.05, 0) is 45.8 Å². The summed E-state index contributed by atoms with van der Waals surface area (Å²) in [7, 11) is -4.00. The average Bonchev–Trinajstić information content (AvgIpc) is 2.41. The van der Waals surface area contributed by atoms with Crippen LogP contribution in [0.4, 0.5) is 10.1 Å². The third-order valence-corrected chi connectivity index (χ3v) is 5.13. The van der Waals surface area contributed by atoms with Crippen molar-refractivity contribution in [1.82, 2.24) is 4.72 Å². The Morgan fingerprint density at radius 2 is 1.90 bits per heavy atom. The molecule has 0 saturated heterocycles. The van der Waals surface area contributed by atoms with Crippen molar-refractivity contribution in [2.75, 3.05) is 5.73 Å². The Balaban J connectivity index is 2.27. The van der Waals surface area contributed by atoms with E-state index in [-0.39, 0.29) is 16.7 Å². The Kier molecular flexibility index (Phi) is 5.03. The van der Waals surface area contributed by atoms with Gasteiger partial charge >= 0.3 is 0 Å². The Hall–Kier alpha value is -0.960. The Morgan fingerprint density at radius 1 is 1.19 bits per heavy atom. The molecule has 0 atom stereocenters. The molecule has 0 spiro atoms. The van der Waals surface area contributed by atoms with Gasteiger partial charge in [0.25, 0.3) is 0 Å². The first kappa shape index (κ1) is 16.4. The van der Waals surface area contributed by atoms with Crippen LogP contribution >= 0.6 is 31.9 Å². The van der Waals surface area contributed by atoms with E-state index in [2.05, 4.69) is 36.6 Å². The number of hydrogen-bond donors (Lipinski definition) is 2. The average molecular weight is 438 g/mol. The van der Waals surface area contributed by atoms with E-state index in [1.54, 1.807) is 18.2 Å². The number of benzene rings is 2. The van der Waals surface area contributed by atoms with E-state index in [1.807, 2.05) is 6.07 Å². The summed E-state index contributed by atoms with van der Waals surface area (Å²) in [5, 5.41) is 0. The molecule has 112 valence electrons. The molecular formula is C13H11Br2FN2O2S. The van der Waals surface area contributed by atoms with E-state index in [4.69, 9.17) is 5.73 Å². The van der Waals surface area contributed by atoms with E-state index in [0.29, 0.717) is 0 Å². The molecule has 21 heavy (non-hydrogen) atoms. The lowest BCUT2D eigenvalue weighted by Crippen LogP contribution is -2.24. The largest absolute Gasteiger partial charge is 0.399 e. The van der Waals surface area contributed by atoms with Crippen molar-refractivity contribution in [3.05, 3.63) is 56.7 Å². The maximum absolute atomic E-state index is 13.9. The molecule has 2 aromatic rings. The molecule has 0 aliphatic rings. The molecule has 8 heteroatoms. The third kappa shape index (κ3) is 4.03. The summed E-state index contributed by atoms with van der Waals surface area (Å²) in [6.45, 7) is 0.0492. The van der Waals surface area contributed by atoms with Crippen molar-refractivity contribution in [3.8, 4) is 0 Å². The van der Waals surface area contributed by atoms with Crippen LogP contribution in [0.2, 0.25) is 0 Å². The third-order valence-electron chi connectivity index (χ3n) is 2.66. The predicted octanol–water partition coefficient (Wildman–Crippen LogP) is 3.41. The number of halogens is 3. The van der Waals surface area contributed by atoms with E-state index < -0.39 is 20.7 Å². The lowest BCUT2D eigenvalue weighted by atomic mass is 10.2. The molecule has 0 radical (unpaired) electrons. The van der Waals surface area contributed by atoms with Crippen LogP contribution in [0.15, 0.2) is 50.2 Å². The Bertz CT molecular complexity index is 782. The van der Waals surface area contributed by atoms with E-state index in [9.17, 15) is 12.8 Å². The molecule has 0 aromatic heterocycles. The molecule has 2 aromatic carbocycles. The van der Waals surface area contributed by atoms with Gasteiger partial charge < -0.3 is 5.73 Å². The first-order valence-corrected chi connectivity index (χ1v) is 8.85. The lowest BCUT2D eigenvalue weighted by Gasteiger charge is -2.10. The predicted molar refractivity (Wildman–Crippen MR) is 86.7 cm³/mol. The molecular weight excluding hydrogens is 427 g/mol. The van der Waals surface area contributed by atoms with Gasteiger partial charge in [-0.25, -0.2) is 17.5 Å². The molecule has 0 heterocycles. The highest BCUT2D eigenvalue weighted by atomic mass is 79.9. The van der Waals surface area contributed by atoms with Crippen molar-refractivity contribution in [1.29, 1.82) is 0 Å². The van der Waals surface area contributed by atoms with Gasteiger partial charge in [0, 0.05) is 16.7 Å². The minimum atomic E-state index is -4.00. The fourth-order valence-corrected chi connectivity index (χ4v) is 3.89. The second kappa shape index (κ2) is 6.43. The highest BCUT2D eigenvalue weighted by Gasteiger charge is 2.21. The Morgan fingerprint density at radius 3 is 2.57 bits per heavy atom. The number of nitrogens with one attached hydrogen (secondary N) is 1. The maximum Gasteiger partial charge on any atom is 0.243 e. The number of hydrogen-bond acceptors (Lipinski definition) is 3. The highest BCUT2D eigenvalue weighted by Crippen LogP contribution is 2.26. The van der Waals surface area contributed by atoms with Gasteiger partial charge in [0.2, 0.25) is 10.0 Å². The van der Waals surface area contributed by atoms with Crippen LogP contribution in [0.25, 0.3) is 0 Å². The van der Waals surface area contributed by atoms with E-state index in [0.717, 1.165) is 16.1 Å². The van der Waals surface area contributed by atoms with Crippen LogP contribution in [0, 0.1) is 5.82 Å². The normalized spacial score (nSPS) is 11.6.